The molecule has 0 aliphatic rings. The number of anilines is 1. The molecule has 0 radical (unpaired) electrons. The van der Waals surface area contributed by atoms with E-state index in [1.54, 1.807) is 12.1 Å². The zero-order valence-corrected chi connectivity index (χ0v) is 12.6. The van der Waals surface area contributed by atoms with Crippen LogP contribution in [0, 0.1) is 0 Å². The Morgan fingerprint density at radius 2 is 2.00 bits per heavy atom. The number of carbonyl (C=O) groups is 1. The van der Waals surface area contributed by atoms with Crippen LogP contribution in [-0.2, 0) is 6.42 Å². The lowest BCUT2D eigenvalue weighted by Crippen LogP contribution is -2.25. The Hall–Kier alpha value is -2.15. The molecular weight excluding hydrogens is 288 g/mol. The molecule has 0 aliphatic heterocycles. The number of phenolic OH excluding ortho intramolecular Hbond substituents is 1. The van der Waals surface area contributed by atoms with E-state index in [9.17, 15) is 9.90 Å². The van der Waals surface area contributed by atoms with E-state index in [0.29, 0.717) is 23.1 Å². The Morgan fingerprint density at radius 1 is 1.24 bits per heavy atom. The van der Waals surface area contributed by atoms with E-state index in [1.165, 1.54) is 11.3 Å². The highest BCUT2D eigenvalue weighted by Gasteiger charge is 2.11. The van der Waals surface area contributed by atoms with Gasteiger partial charge in [0.05, 0.1) is 0 Å². The van der Waals surface area contributed by atoms with Gasteiger partial charge in [0.1, 0.15) is 5.75 Å². The van der Waals surface area contributed by atoms with Crippen molar-refractivity contribution in [3.63, 3.8) is 0 Å². The molecule has 0 unspecified atom stereocenters. The Bertz CT molecular complexity index is 583. The number of benzene rings is 1. The Balaban J connectivity index is 1.78. The number of amides is 1. The summed E-state index contributed by atoms with van der Waals surface area (Å²) in [6.07, 6.45) is 1.69. The fraction of sp³-hybridized carbons (Fsp3) is 0.357. The summed E-state index contributed by atoms with van der Waals surface area (Å²) < 4.78 is 0. The first-order valence-corrected chi connectivity index (χ1v) is 7.64. The van der Waals surface area contributed by atoms with Crippen molar-refractivity contribution in [1.82, 2.24) is 15.5 Å². The maximum atomic E-state index is 11.9. The van der Waals surface area contributed by atoms with E-state index in [-0.39, 0.29) is 11.7 Å². The Morgan fingerprint density at radius 3 is 2.71 bits per heavy atom. The monoisotopic (exact) mass is 306 g/mol. The molecule has 0 atom stereocenters. The highest BCUT2D eigenvalue weighted by Crippen LogP contribution is 2.15. The normalized spacial score (nSPS) is 10.3. The second-order valence-corrected chi connectivity index (χ2v) is 5.49. The molecule has 0 aliphatic carbocycles. The number of aromatic nitrogens is 2. The molecular formula is C14H18N4O2S. The molecule has 112 valence electrons. The molecule has 1 amide bonds. The van der Waals surface area contributed by atoms with Gasteiger partial charge in [-0.05, 0) is 30.5 Å². The summed E-state index contributed by atoms with van der Waals surface area (Å²) in [4.78, 5) is 11.9. The molecule has 7 heteroatoms. The number of carbonyl (C=O) groups excluding carboxylic acids is 1. The molecule has 6 nitrogen and oxygen atoms in total. The van der Waals surface area contributed by atoms with Crippen molar-refractivity contribution in [2.24, 2.45) is 0 Å². The predicted octanol–water partition coefficient (Wildman–Crippen LogP) is 2.04. The van der Waals surface area contributed by atoms with Crippen molar-refractivity contribution >= 4 is 22.4 Å². The fourth-order valence-electron chi connectivity index (χ4n) is 1.68. The van der Waals surface area contributed by atoms with Crippen LogP contribution in [0.3, 0.4) is 0 Å². The first kappa shape index (κ1) is 15.2. The van der Waals surface area contributed by atoms with Crippen molar-refractivity contribution in [3.05, 3.63) is 34.8 Å². The predicted molar refractivity (Wildman–Crippen MR) is 82.8 cm³/mol. The van der Waals surface area contributed by atoms with Crippen LogP contribution in [0.2, 0.25) is 0 Å². The summed E-state index contributed by atoms with van der Waals surface area (Å²) in [5.41, 5.74) is 1.05. The lowest BCUT2D eigenvalue weighted by molar-refractivity contribution is 0.0953. The molecule has 2 rings (SSSR count). The standard InChI is InChI=1S/C14H18N4O2S/c1-2-8-16-14-18-17-13(21-14)12(20)15-9-7-10-3-5-11(19)6-4-10/h3-6,19H,2,7-9H2,1H3,(H,15,20)(H,16,18). The smallest absolute Gasteiger partial charge is 0.282 e. The molecule has 1 heterocycles. The van der Waals surface area contributed by atoms with E-state index >= 15 is 0 Å². The van der Waals surface area contributed by atoms with Gasteiger partial charge in [0, 0.05) is 13.1 Å². The summed E-state index contributed by atoms with van der Waals surface area (Å²) in [7, 11) is 0. The minimum absolute atomic E-state index is 0.212. The van der Waals surface area contributed by atoms with Gasteiger partial charge in [-0.1, -0.05) is 30.4 Å². The molecule has 3 N–H and O–H groups in total. The second-order valence-electron chi connectivity index (χ2n) is 4.51. The maximum Gasteiger partial charge on any atom is 0.282 e. The number of nitrogens with one attached hydrogen (secondary N) is 2. The number of rotatable bonds is 7. The van der Waals surface area contributed by atoms with E-state index in [0.717, 1.165) is 18.5 Å². The van der Waals surface area contributed by atoms with Crippen molar-refractivity contribution in [2.75, 3.05) is 18.4 Å². The molecule has 2 aromatic rings. The zero-order valence-electron chi connectivity index (χ0n) is 11.8. The Labute approximate surface area is 127 Å². The lowest BCUT2D eigenvalue weighted by Gasteiger charge is -2.03. The van der Waals surface area contributed by atoms with Crippen LogP contribution in [0.5, 0.6) is 5.75 Å². The van der Waals surface area contributed by atoms with E-state index < -0.39 is 0 Å². The molecule has 1 aromatic carbocycles. The third kappa shape index (κ3) is 4.71. The number of hydrogen-bond acceptors (Lipinski definition) is 6. The quantitative estimate of drug-likeness (QED) is 0.728. The third-order valence-electron chi connectivity index (χ3n) is 2.78. The number of aromatic hydroxyl groups is 1. The molecule has 0 saturated carbocycles. The largest absolute Gasteiger partial charge is 0.508 e. The zero-order chi connectivity index (χ0) is 15.1. The average Bonchev–Trinajstić information content (AvgIpc) is 2.96. The highest BCUT2D eigenvalue weighted by molar-refractivity contribution is 7.17. The van der Waals surface area contributed by atoms with E-state index in [1.807, 2.05) is 12.1 Å². The first-order valence-electron chi connectivity index (χ1n) is 6.82. The molecule has 0 bridgehead atoms. The van der Waals surface area contributed by atoms with Crippen LogP contribution in [-0.4, -0.2) is 34.3 Å². The summed E-state index contributed by atoms with van der Waals surface area (Å²) in [6, 6.07) is 6.93. The molecule has 1 aromatic heterocycles. The second kappa shape index (κ2) is 7.58. The van der Waals surface area contributed by atoms with Gasteiger partial charge in [-0.3, -0.25) is 4.79 Å². The van der Waals surface area contributed by atoms with Crippen molar-refractivity contribution in [1.29, 1.82) is 0 Å². The number of hydrogen-bond donors (Lipinski definition) is 3. The van der Waals surface area contributed by atoms with Gasteiger partial charge in [0.2, 0.25) is 10.1 Å². The van der Waals surface area contributed by atoms with Crippen LogP contribution >= 0.6 is 11.3 Å². The average molecular weight is 306 g/mol. The molecule has 0 spiro atoms. The Kier molecular flexibility index (Phi) is 5.51. The van der Waals surface area contributed by atoms with Crippen LogP contribution in [0.15, 0.2) is 24.3 Å². The van der Waals surface area contributed by atoms with Gasteiger partial charge in [0.15, 0.2) is 0 Å². The SMILES string of the molecule is CCCNc1nnc(C(=O)NCCc2ccc(O)cc2)s1. The van der Waals surface area contributed by atoms with Crippen LogP contribution < -0.4 is 10.6 Å². The van der Waals surface area contributed by atoms with Gasteiger partial charge in [-0.25, -0.2) is 0 Å². The highest BCUT2D eigenvalue weighted by atomic mass is 32.1. The van der Waals surface area contributed by atoms with Crippen LogP contribution in [0.1, 0.15) is 28.7 Å². The van der Waals surface area contributed by atoms with Crippen LogP contribution in [0.4, 0.5) is 5.13 Å². The summed E-state index contributed by atoms with van der Waals surface area (Å²) in [5, 5.41) is 23.9. The minimum atomic E-state index is -0.212. The number of nitrogens with zero attached hydrogens (tertiary/aromatic N) is 2. The summed E-state index contributed by atoms with van der Waals surface area (Å²) >= 11 is 1.25. The summed E-state index contributed by atoms with van der Waals surface area (Å²) in [5.74, 6) is 0.0274. The van der Waals surface area contributed by atoms with Gasteiger partial charge < -0.3 is 15.7 Å². The van der Waals surface area contributed by atoms with Crippen molar-refractivity contribution in [2.45, 2.75) is 19.8 Å². The fourth-order valence-corrected chi connectivity index (χ4v) is 2.36. The third-order valence-corrected chi connectivity index (χ3v) is 3.66. The van der Waals surface area contributed by atoms with Gasteiger partial charge >= 0.3 is 0 Å². The van der Waals surface area contributed by atoms with Gasteiger partial charge in [0.25, 0.3) is 5.91 Å². The van der Waals surface area contributed by atoms with Gasteiger partial charge in [-0.15, -0.1) is 10.2 Å². The molecule has 0 fully saturated rings. The topological polar surface area (TPSA) is 87.1 Å². The molecule has 21 heavy (non-hydrogen) atoms. The van der Waals surface area contributed by atoms with E-state index in [4.69, 9.17) is 0 Å². The lowest BCUT2D eigenvalue weighted by atomic mass is 10.1. The maximum absolute atomic E-state index is 11.9. The van der Waals surface area contributed by atoms with Crippen LogP contribution in [0.25, 0.3) is 0 Å². The van der Waals surface area contributed by atoms with E-state index in [2.05, 4.69) is 27.8 Å². The number of phenols is 1. The molecule has 0 saturated heterocycles. The van der Waals surface area contributed by atoms with Crippen molar-refractivity contribution in [3.8, 4) is 5.75 Å². The van der Waals surface area contributed by atoms with Gasteiger partial charge in [-0.2, -0.15) is 0 Å². The first-order chi connectivity index (χ1) is 10.2. The van der Waals surface area contributed by atoms with Crippen molar-refractivity contribution < 1.29 is 9.90 Å². The minimum Gasteiger partial charge on any atom is -0.508 e. The summed E-state index contributed by atoms with van der Waals surface area (Å²) in [6.45, 7) is 3.39.